The monoisotopic (exact) mass is 295 g/mol. The van der Waals surface area contributed by atoms with Gasteiger partial charge in [-0.05, 0) is 5.92 Å². The van der Waals surface area contributed by atoms with Crippen LogP contribution in [0.15, 0.2) is 9.52 Å². The number of nitrogens with one attached hydrogen (secondary N) is 1. The largest absolute Gasteiger partial charge is 0.469 e. The fourth-order valence-electron chi connectivity index (χ4n) is 2.50. The maximum atomic E-state index is 11.7. The van der Waals surface area contributed by atoms with Crippen molar-refractivity contribution in [3.63, 3.8) is 0 Å². The lowest BCUT2D eigenvalue weighted by atomic mass is 9.99. The van der Waals surface area contributed by atoms with Crippen molar-refractivity contribution in [3.05, 3.63) is 11.7 Å². The Morgan fingerprint density at radius 2 is 2.33 bits per heavy atom. The van der Waals surface area contributed by atoms with E-state index in [-0.39, 0.29) is 17.8 Å². The molecule has 1 N–H and O–H groups in total. The van der Waals surface area contributed by atoms with Crippen LogP contribution in [0.1, 0.15) is 18.6 Å². The number of rotatable bonds is 3. The van der Waals surface area contributed by atoms with Crippen molar-refractivity contribution in [2.24, 2.45) is 16.8 Å². The summed E-state index contributed by atoms with van der Waals surface area (Å²) in [5.41, 5.74) is 0. The van der Waals surface area contributed by atoms with E-state index in [2.05, 4.69) is 20.4 Å². The summed E-state index contributed by atoms with van der Waals surface area (Å²) in [6, 6.07) is 0. The van der Waals surface area contributed by atoms with Crippen LogP contribution < -0.4 is 5.32 Å². The van der Waals surface area contributed by atoms with E-state index >= 15 is 0 Å². The van der Waals surface area contributed by atoms with Crippen molar-refractivity contribution in [1.29, 1.82) is 0 Å². The normalized spacial score (nSPS) is 22.5. The van der Waals surface area contributed by atoms with E-state index in [9.17, 15) is 4.79 Å². The molecule has 1 aliphatic heterocycles. The Hall–Kier alpha value is -2.12. The number of hydrogen-bond donors (Lipinski definition) is 1. The van der Waals surface area contributed by atoms with Crippen LogP contribution in [-0.2, 0) is 16.1 Å². The summed E-state index contributed by atoms with van der Waals surface area (Å²) in [6.07, 6.45) is 0. The zero-order valence-electron chi connectivity index (χ0n) is 12.8. The van der Waals surface area contributed by atoms with Crippen LogP contribution in [0, 0.1) is 18.8 Å². The molecule has 2 rings (SSSR count). The van der Waals surface area contributed by atoms with Crippen LogP contribution in [0.2, 0.25) is 0 Å². The number of carbonyl (C=O) groups is 1. The van der Waals surface area contributed by atoms with Gasteiger partial charge < -0.3 is 19.5 Å². The molecule has 0 amide bonds. The van der Waals surface area contributed by atoms with Crippen LogP contribution in [-0.4, -0.2) is 54.2 Å². The van der Waals surface area contributed by atoms with E-state index in [1.165, 1.54) is 7.11 Å². The highest BCUT2D eigenvalue weighted by atomic mass is 16.5. The maximum absolute atomic E-state index is 11.7. The van der Waals surface area contributed by atoms with Gasteiger partial charge >= 0.3 is 5.97 Å². The number of aryl methyl sites for hydroxylation is 1. The fourth-order valence-corrected chi connectivity index (χ4v) is 2.50. The van der Waals surface area contributed by atoms with Gasteiger partial charge in [-0.15, -0.1) is 0 Å². The first-order valence-electron chi connectivity index (χ1n) is 6.87. The molecule has 0 saturated carbocycles. The molecule has 8 heteroatoms. The van der Waals surface area contributed by atoms with Crippen molar-refractivity contribution >= 4 is 11.9 Å². The van der Waals surface area contributed by atoms with Crippen LogP contribution in [0.3, 0.4) is 0 Å². The molecule has 2 heterocycles. The Kier molecular flexibility index (Phi) is 4.77. The Morgan fingerprint density at radius 3 is 2.90 bits per heavy atom. The Bertz CT molecular complexity index is 528. The van der Waals surface area contributed by atoms with E-state index in [1.807, 2.05) is 11.8 Å². The Labute approximate surface area is 123 Å². The summed E-state index contributed by atoms with van der Waals surface area (Å²) < 4.78 is 9.76. The van der Waals surface area contributed by atoms with Gasteiger partial charge in [-0.2, -0.15) is 4.98 Å². The third-order valence-electron chi connectivity index (χ3n) is 3.60. The van der Waals surface area contributed by atoms with Crippen LogP contribution in [0.4, 0.5) is 0 Å². The first-order chi connectivity index (χ1) is 10.0. The van der Waals surface area contributed by atoms with Gasteiger partial charge in [0, 0.05) is 27.1 Å². The highest BCUT2D eigenvalue weighted by molar-refractivity contribution is 5.82. The second-order valence-corrected chi connectivity index (χ2v) is 5.14. The quantitative estimate of drug-likeness (QED) is 0.483. The lowest BCUT2D eigenvalue weighted by molar-refractivity contribution is -0.145. The van der Waals surface area contributed by atoms with Gasteiger partial charge in [0.1, 0.15) is 0 Å². The number of carbonyl (C=O) groups excluding carboxylic acids is 1. The maximum Gasteiger partial charge on any atom is 0.310 e. The molecular formula is C13H21N5O3. The molecule has 1 saturated heterocycles. The number of esters is 1. The molecule has 1 fully saturated rings. The first-order valence-corrected chi connectivity index (χ1v) is 6.87. The van der Waals surface area contributed by atoms with E-state index in [4.69, 9.17) is 9.26 Å². The van der Waals surface area contributed by atoms with Crippen molar-refractivity contribution in [3.8, 4) is 0 Å². The van der Waals surface area contributed by atoms with Gasteiger partial charge in [0.15, 0.2) is 11.8 Å². The second-order valence-electron chi connectivity index (χ2n) is 5.14. The summed E-state index contributed by atoms with van der Waals surface area (Å²) in [4.78, 5) is 22.1. The molecule has 1 aromatic rings. The van der Waals surface area contributed by atoms with Gasteiger partial charge in [0.05, 0.1) is 19.6 Å². The molecule has 2 atom stereocenters. The standard InChI is InChI=1S/C13H21N5O3/c1-8-6-18(7-10(8)12(19)20-4)13(14-3)15-5-11-16-9(2)21-17-11/h8,10H,5-7H2,1-4H3,(H,14,15). The number of aromatic nitrogens is 2. The number of ether oxygens (including phenoxy) is 1. The number of hydrogen-bond acceptors (Lipinski definition) is 6. The molecule has 0 bridgehead atoms. The van der Waals surface area contributed by atoms with Crippen molar-refractivity contribution in [1.82, 2.24) is 20.4 Å². The summed E-state index contributed by atoms with van der Waals surface area (Å²) in [5, 5.41) is 7.00. The minimum atomic E-state index is -0.172. The predicted octanol–water partition coefficient (Wildman–Crippen LogP) is 0.194. The number of methoxy groups -OCH3 is 1. The molecule has 0 aromatic carbocycles. The zero-order chi connectivity index (χ0) is 15.4. The molecular weight excluding hydrogens is 274 g/mol. The summed E-state index contributed by atoms with van der Waals surface area (Å²) in [5.74, 6) is 1.75. The molecule has 0 radical (unpaired) electrons. The van der Waals surface area contributed by atoms with Crippen molar-refractivity contribution in [2.45, 2.75) is 20.4 Å². The van der Waals surface area contributed by atoms with Crippen molar-refractivity contribution in [2.75, 3.05) is 27.2 Å². The molecule has 8 nitrogen and oxygen atoms in total. The first kappa shape index (κ1) is 15.3. The Balaban J connectivity index is 1.94. The van der Waals surface area contributed by atoms with Gasteiger partial charge in [-0.1, -0.05) is 12.1 Å². The lowest BCUT2D eigenvalue weighted by Gasteiger charge is -2.20. The molecule has 116 valence electrons. The number of aliphatic imine (C=N–C) groups is 1. The van der Waals surface area contributed by atoms with Crippen molar-refractivity contribution < 1.29 is 14.1 Å². The Morgan fingerprint density at radius 1 is 1.57 bits per heavy atom. The number of nitrogens with zero attached hydrogens (tertiary/aromatic N) is 4. The summed E-state index contributed by atoms with van der Waals surface area (Å²) in [6.45, 7) is 5.56. The number of likely N-dealkylation sites (tertiary alicyclic amines) is 1. The highest BCUT2D eigenvalue weighted by Crippen LogP contribution is 2.24. The molecule has 0 spiro atoms. The molecule has 1 aliphatic rings. The minimum absolute atomic E-state index is 0.124. The van der Waals surface area contributed by atoms with Gasteiger partial charge in [0.25, 0.3) is 0 Å². The smallest absolute Gasteiger partial charge is 0.310 e. The second kappa shape index (κ2) is 6.55. The lowest BCUT2D eigenvalue weighted by Crippen LogP contribution is -2.40. The SMILES string of the molecule is CN=C(NCc1noc(C)n1)N1CC(C)C(C(=O)OC)C1. The van der Waals surface area contributed by atoms with E-state index in [0.717, 1.165) is 12.5 Å². The van der Waals surface area contributed by atoms with Gasteiger partial charge in [-0.25, -0.2) is 0 Å². The van der Waals surface area contributed by atoms with Crippen LogP contribution in [0.25, 0.3) is 0 Å². The fraction of sp³-hybridized carbons (Fsp3) is 0.692. The molecule has 21 heavy (non-hydrogen) atoms. The third kappa shape index (κ3) is 3.50. The summed E-state index contributed by atoms with van der Waals surface area (Å²) >= 11 is 0. The van der Waals surface area contributed by atoms with E-state index < -0.39 is 0 Å². The average Bonchev–Trinajstić information content (AvgIpc) is 3.05. The van der Waals surface area contributed by atoms with E-state index in [0.29, 0.717) is 24.8 Å². The number of guanidine groups is 1. The average molecular weight is 295 g/mol. The van der Waals surface area contributed by atoms with Crippen LogP contribution in [0.5, 0.6) is 0 Å². The zero-order valence-corrected chi connectivity index (χ0v) is 12.8. The molecule has 2 unspecified atom stereocenters. The predicted molar refractivity (Wildman–Crippen MR) is 75.5 cm³/mol. The molecule has 0 aliphatic carbocycles. The third-order valence-corrected chi connectivity index (χ3v) is 3.60. The summed E-state index contributed by atoms with van der Waals surface area (Å²) in [7, 11) is 3.13. The van der Waals surface area contributed by atoms with Gasteiger partial charge in [0.2, 0.25) is 5.89 Å². The minimum Gasteiger partial charge on any atom is -0.469 e. The van der Waals surface area contributed by atoms with E-state index in [1.54, 1.807) is 14.0 Å². The molecule has 1 aromatic heterocycles. The highest BCUT2D eigenvalue weighted by Gasteiger charge is 2.36. The van der Waals surface area contributed by atoms with Crippen LogP contribution >= 0.6 is 0 Å². The topological polar surface area (TPSA) is 92.9 Å². The van der Waals surface area contributed by atoms with Gasteiger partial charge in [-0.3, -0.25) is 9.79 Å².